The molecular formula is C24H31Cl2HfP. The molecule has 150 valence electrons. The first-order valence-corrected chi connectivity index (χ1v) is 11.6. The molecule has 0 N–H and O–H groups in total. The topological polar surface area (TPSA) is 0 Å². The zero-order valence-electron chi connectivity index (χ0n) is 17.0. The molecule has 1 saturated carbocycles. The van der Waals surface area contributed by atoms with Crippen LogP contribution in [0.2, 0.25) is 0 Å². The van der Waals surface area contributed by atoms with Crippen molar-refractivity contribution in [3.05, 3.63) is 66.6 Å². The van der Waals surface area contributed by atoms with Crippen molar-refractivity contribution in [3.8, 4) is 0 Å². The minimum absolute atomic E-state index is 0. The molecule has 0 aromatic heterocycles. The molecule has 0 nitrogen and oxygen atoms in total. The molecule has 1 unspecified atom stereocenters. The van der Waals surface area contributed by atoms with E-state index in [2.05, 4.69) is 74.9 Å². The van der Waals surface area contributed by atoms with Crippen LogP contribution in [0.25, 0.3) is 10.8 Å². The number of benzene rings is 1. The van der Waals surface area contributed by atoms with E-state index in [4.69, 9.17) is 0 Å². The van der Waals surface area contributed by atoms with Crippen molar-refractivity contribution in [2.24, 2.45) is 5.92 Å². The predicted octanol–water partition coefficient (Wildman–Crippen LogP) is 0.978. The van der Waals surface area contributed by atoms with Crippen molar-refractivity contribution in [1.29, 1.82) is 0 Å². The first-order chi connectivity index (χ1) is 12.3. The van der Waals surface area contributed by atoms with Gasteiger partial charge in [-0.2, -0.15) is 6.07 Å². The summed E-state index contributed by atoms with van der Waals surface area (Å²) < 4.78 is 0. The van der Waals surface area contributed by atoms with Gasteiger partial charge in [0.1, 0.15) is 0 Å². The van der Waals surface area contributed by atoms with Crippen LogP contribution in [0.1, 0.15) is 46.0 Å². The van der Waals surface area contributed by atoms with Crippen LogP contribution in [0.5, 0.6) is 0 Å². The summed E-state index contributed by atoms with van der Waals surface area (Å²) in [6.45, 7) is 4.60. The van der Waals surface area contributed by atoms with E-state index in [1.807, 2.05) is 0 Å². The summed E-state index contributed by atoms with van der Waals surface area (Å²) >= 11 is 0. The summed E-state index contributed by atoms with van der Waals surface area (Å²) in [5.41, 5.74) is 1.58. The maximum absolute atomic E-state index is 2.41. The Morgan fingerprint density at radius 1 is 1.07 bits per heavy atom. The first-order valence-electron chi connectivity index (χ1n) is 9.92. The first kappa shape index (κ1) is 28.1. The molecule has 4 heteroatoms. The van der Waals surface area contributed by atoms with E-state index in [1.165, 1.54) is 55.2 Å². The molecule has 1 atom stereocenters. The maximum atomic E-state index is 2.41. The van der Waals surface area contributed by atoms with E-state index in [9.17, 15) is 0 Å². The van der Waals surface area contributed by atoms with Gasteiger partial charge in [0.25, 0.3) is 0 Å². The number of hydrogen-bond donors (Lipinski definition) is 0. The van der Waals surface area contributed by atoms with Crippen LogP contribution in [0.4, 0.5) is 0 Å². The summed E-state index contributed by atoms with van der Waals surface area (Å²) in [6, 6.07) is 13.5. The van der Waals surface area contributed by atoms with Gasteiger partial charge in [-0.15, -0.1) is 58.9 Å². The van der Waals surface area contributed by atoms with Crippen LogP contribution in [0.3, 0.4) is 0 Å². The molecule has 1 fully saturated rings. The summed E-state index contributed by atoms with van der Waals surface area (Å²) in [7, 11) is 0.0972. The third-order valence-corrected chi connectivity index (χ3v) is 8.13. The molecule has 28 heavy (non-hydrogen) atoms. The third-order valence-electron chi connectivity index (χ3n) is 5.17. The van der Waals surface area contributed by atoms with E-state index in [1.54, 1.807) is 10.9 Å². The van der Waals surface area contributed by atoms with Gasteiger partial charge in [-0.05, 0) is 24.7 Å². The summed E-state index contributed by atoms with van der Waals surface area (Å²) in [5.74, 6) is 0.884. The maximum Gasteiger partial charge on any atom is 4.00 e. The molecule has 0 radical (unpaired) electrons. The molecular weight excluding hydrogens is 569 g/mol. The summed E-state index contributed by atoms with van der Waals surface area (Å²) in [5, 5.41) is 4.44. The fraction of sp³-hybridized carbons (Fsp3) is 0.417. The Bertz CT molecular complexity index is 696. The average Bonchev–Trinajstić information content (AvgIpc) is 3.28. The van der Waals surface area contributed by atoms with Gasteiger partial charge in [0.15, 0.2) is 0 Å². The minimum Gasteiger partial charge on any atom is -1.00 e. The molecule has 2 aromatic carbocycles. The molecule has 2 aliphatic rings. The van der Waals surface area contributed by atoms with Crippen molar-refractivity contribution in [2.45, 2.75) is 46.0 Å². The SMILES string of the molecule is C1=CCC2CC[CH-]C2=C1.CCCP(CCC)c1cc2ccccc2[cH-]1.[Cl-].[Cl-].[Hf+4]. The third kappa shape index (κ3) is 7.71. The Kier molecular flexibility index (Phi) is 15.0. The van der Waals surface area contributed by atoms with Gasteiger partial charge in [0, 0.05) is 0 Å². The van der Waals surface area contributed by atoms with E-state index in [0.717, 1.165) is 5.92 Å². The van der Waals surface area contributed by atoms with E-state index in [0.29, 0.717) is 0 Å². The molecule has 0 heterocycles. The number of rotatable bonds is 5. The second-order valence-corrected chi connectivity index (χ2v) is 9.63. The van der Waals surface area contributed by atoms with Gasteiger partial charge in [-0.1, -0.05) is 47.1 Å². The van der Waals surface area contributed by atoms with Crippen LogP contribution < -0.4 is 30.1 Å². The van der Waals surface area contributed by atoms with Gasteiger partial charge in [0.05, 0.1) is 0 Å². The number of fused-ring (bicyclic) bond motifs is 2. The fourth-order valence-corrected chi connectivity index (χ4v) is 6.35. The average molecular weight is 600 g/mol. The Morgan fingerprint density at radius 3 is 2.43 bits per heavy atom. The molecule has 0 bridgehead atoms. The van der Waals surface area contributed by atoms with Crippen LogP contribution in [0, 0.1) is 12.3 Å². The van der Waals surface area contributed by atoms with Crippen molar-refractivity contribution < 1.29 is 50.7 Å². The number of allylic oxidation sites excluding steroid dienone is 4. The molecule has 4 rings (SSSR count). The second-order valence-electron chi connectivity index (χ2n) is 7.14. The van der Waals surface area contributed by atoms with Crippen molar-refractivity contribution >= 4 is 24.0 Å². The van der Waals surface area contributed by atoms with Crippen LogP contribution in [-0.2, 0) is 25.8 Å². The van der Waals surface area contributed by atoms with Crippen LogP contribution in [-0.4, -0.2) is 12.3 Å². The molecule has 0 spiro atoms. The van der Waals surface area contributed by atoms with Crippen LogP contribution >= 0.6 is 7.92 Å². The number of halogens is 2. The van der Waals surface area contributed by atoms with Gasteiger partial charge in [-0.3, -0.25) is 0 Å². The van der Waals surface area contributed by atoms with Crippen molar-refractivity contribution in [2.75, 3.05) is 12.3 Å². The standard InChI is InChI=1S/C15H20P.C9H11.2ClH.Hf/c1-3-9-16(10-4-2)15-11-13-7-5-6-8-14(13)12-15;1-2-5-9-7-3-6-8(9)4-1;;;/h5-8,11-12H,3-4,9-10H2,1-2H3;1-2,4,6,9H,3,5,7H2;2*1H;/q2*-1;;;+4/p-2. The Morgan fingerprint density at radius 2 is 1.79 bits per heavy atom. The zero-order chi connectivity index (χ0) is 17.5. The van der Waals surface area contributed by atoms with Gasteiger partial charge in [-0.25, -0.2) is 18.1 Å². The molecule has 0 amide bonds. The van der Waals surface area contributed by atoms with E-state index < -0.39 is 0 Å². The predicted molar refractivity (Wildman–Crippen MR) is 115 cm³/mol. The van der Waals surface area contributed by atoms with E-state index >= 15 is 0 Å². The molecule has 2 aromatic rings. The molecule has 0 aliphatic heterocycles. The van der Waals surface area contributed by atoms with Crippen molar-refractivity contribution in [3.63, 3.8) is 0 Å². The summed E-state index contributed by atoms with van der Waals surface area (Å²) in [6.07, 6.45) is 18.4. The Balaban J connectivity index is 0.000000525. The monoisotopic (exact) mass is 600 g/mol. The zero-order valence-corrected chi connectivity index (χ0v) is 23.0. The Hall–Kier alpha value is 0.0601. The van der Waals surface area contributed by atoms with Gasteiger partial charge < -0.3 is 24.8 Å². The fourth-order valence-electron chi connectivity index (χ4n) is 3.89. The normalized spacial score (nSPS) is 16.5. The van der Waals surface area contributed by atoms with Gasteiger partial charge in [0.2, 0.25) is 0 Å². The van der Waals surface area contributed by atoms with Crippen LogP contribution in [0.15, 0.2) is 60.2 Å². The van der Waals surface area contributed by atoms with E-state index in [-0.39, 0.29) is 58.6 Å². The minimum atomic E-state index is 0. The largest absolute Gasteiger partial charge is 4.00 e. The molecule has 0 saturated heterocycles. The molecule has 2 aliphatic carbocycles. The smallest absolute Gasteiger partial charge is 1.00 e. The quantitative estimate of drug-likeness (QED) is 0.273. The van der Waals surface area contributed by atoms with Gasteiger partial charge >= 0.3 is 25.8 Å². The van der Waals surface area contributed by atoms with Crippen molar-refractivity contribution in [1.82, 2.24) is 0 Å². The second kappa shape index (κ2) is 15.0. The Labute approximate surface area is 204 Å². The summed E-state index contributed by atoms with van der Waals surface area (Å²) in [4.78, 5) is 0. The number of hydrogen-bond acceptors (Lipinski definition) is 0.